The first-order chi connectivity index (χ1) is 11.5. The lowest BCUT2D eigenvalue weighted by molar-refractivity contribution is -0.117. The Morgan fingerprint density at radius 3 is 2.71 bits per heavy atom. The summed E-state index contributed by atoms with van der Waals surface area (Å²) in [4.78, 5) is 14.0. The Bertz CT molecular complexity index is 779. The van der Waals surface area contributed by atoms with Gasteiger partial charge in [-0.3, -0.25) is 9.69 Å². The van der Waals surface area contributed by atoms with Crippen LogP contribution in [-0.4, -0.2) is 24.4 Å². The van der Waals surface area contributed by atoms with E-state index in [0.29, 0.717) is 0 Å². The molecule has 2 aromatic carbocycles. The smallest absolute Gasteiger partial charge is 0.238 e. The van der Waals surface area contributed by atoms with Crippen LogP contribution in [0.5, 0.6) is 0 Å². The normalized spacial score (nSPS) is 16.3. The molecule has 126 valence electrons. The Morgan fingerprint density at radius 1 is 1.17 bits per heavy atom. The molecule has 24 heavy (non-hydrogen) atoms. The molecule has 6 heteroatoms. The number of nitrogens with zero attached hydrogens (tertiary/aromatic N) is 1. The number of carbonyl (C=O) groups excluding carboxylic acids is 1. The summed E-state index contributed by atoms with van der Waals surface area (Å²) in [6, 6.07) is 9.96. The quantitative estimate of drug-likeness (QED) is 0.866. The predicted octanol–water partition coefficient (Wildman–Crippen LogP) is 3.66. The van der Waals surface area contributed by atoms with Gasteiger partial charge in [-0.1, -0.05) is 24.3 Å². The van der Waals surface area contributed by atoms with E-state index < -0.39 is 23.4 Å². The number of aryl methyl sites for hydroxylation is 1. The third-order valence-electron chi connectivity index (χ3n) is 4.34. The molecule has 0 spiro atoms. The topological polar surface area (TPSA) is 32.3 Å². The minimum atomic E-state index is -1.59. The first-order valence-electron chi connectivity index (χ1n) is 7.68. The Hall–Kier alpha value is -2.34. The van der Waals surface area contributed by atoms with Gasteiger partial charge in [-0.05, 0) is 43.1 Å². The van der Waals surface area contributed by atoms with E-state index in [0.717, 1.165) is 25.0 Å². The molecule has 3 nitrogen and oxygen atoms in total. The number of halogens is 3. The van der Waals surface area contributed by atoms with Crippen molar-refractivity contribution in [2.24, 2.45) is 0 Å². The molecular formula is C18H17F3N2O. The van der Waals surface area contributed by atoms with E-state index in [-0.39, 0.29) is 18.3 Å². The lowest BCUT2D eigenvalue weighted by atomic mass is 10.1. The molecule has 0 saturated heterocycles. The fraction of sp³-hybridized carbons (Fsp3) is 0.278. The summed E-state index contributed by atoms with van der Waals surface area (Å²) < 4.78 is 39.7. The van der Waals surface area contributed by atoms with Crippen LogP contribution in [0.3, 0.4) is 0 Å². The van der Waals surface area contributed by atoms with E-state index in [9.17, 15) is 18.0 Å². The van der Waals surface area contributed by atoms with Gasteiger partial charge in [0.1, 0.15) is 0 Å². The number of hydrogen-bond acceptors (Lipinski definition) is 2. The fourth-order valence-electron chi connectivity index (χ4n) is 3.14. The van der Waals surface area contributed by atoms with Gasteiger partial charge in [0.05, 0.1) is 12.2 Å². The van der Waals surface area contributed by atoms with E-state index in [2.05, 4.69) is 11.4 Å². The van der Waals surface area contributed by atoms with Gasteiger partial charge in [0, 0.05) is 6.04 Å². The summed E-state index contributed by atoms with van der Waals surface area (Å²) in [5.41, 5.74) is 2.09. The van der Waals surface area contributed by atoms with Crippen LogP contribution >= 0.6 is 0 Å². The molecule has 0 aliphatic heterocycles. The third-order valence-corrected chi connectivity index (χ3v) is 4.34. The van der Waals surface area contributed by atoms with Crippen LogP contribution in [0.25, 0.3) is 0 Å². The van der Waals surface area contributed by atoms with Crippen molar-refractivity contribution in [3.05, 3.63) is 65.0 Å². The fourth-order valence-corrected chi connectivity index (χ4v) is 3.14. The number of rotatable bonds is 4. The number of hydrogen-bond donors (Lipinski definition) is 1. The first kappa shape index (κ1) is 16.5. The van der Waals surface area contributed by atoms with Gasteiger partial charge in [0.2, 0.25) is 5.91 Å². The molecule has 2 aromatic rings. The summed E-state index contributed by atoms with van der Waals surface area (Å²) in [7, 11) is 1.81. The van der Waals surface area contributed by atoms with Crippen molar-refractivity contribution in [1.82, 2.24) is 4.90 Å². The van der Waals surface area contributed by atoms with Gasteiger partial charge >= 0.3 is 0 Å². The van der Waals surface area contributed by atoms with Crippen LogP contribution < -0.4 is 5.32 Å². The van der Waals surface area contributed by atoms with Gasteiger partial charge in [-0.15, -0.1) is 0 Å². The van der Waals surface area contributed by atoms with E-state index in [1.165, 1.54) is 11.1 Å². The van der Waals surface area contributed by atoms with Crippen LogP contribution in [-0.2, 0) is 11.2 Å². The van der Waals surface area contributed by atoms with E-state index in [1.807, 2.05) is 30.1 Å². The molecular weight excluding hydrogens is 317 g/mol. The van der Waals surface area contributed by atoms with Crippen molar-refractivity contribution >= 4 is 11.6 Å². The van der Waals surface area contributed by atoms with Crippen molar-refractivity contribution in [2.45, 2.75) is 18.9 Å². The molecule has 3 rings (SSSR count). The average molecular weight is 334 g/mol. The number of anilines is 1. The maximum absolute atomic E-state index is 13.6. The molecule has 0 heterocycles. The first-order valence-corrected chi connectivity index (χ1v) is 7.68. The molecule has 0 saturated carbocycles. The lowest BCUT2D eigenvalue weighted by Crippen LogP contribution is -2.32. The highest BCUT2D eigenvalue weighted by Gasteiger charge is 2.26. The Balaban J connectivity index is 1.67. The van der Waals surface area contributed by atoms with Crippen molar-refractivity contribution < 1.29 is 18.0 Å². The van der Waals surface area contributed by atoms with Crippen LogP contribution in [0.15, 0.2) is 36.4 Å². The number of benzene rings is 2. The number of amides is 1. The molecule has 1 amide bonds. The second-order valence-electron chi connectivity index (χ2n) is 5.94. The van der Waals surface area contributed by atoms with Crippen molar-refractivity contribution in [2.75, 3.05) is 18.9 Å². The molecule has 0 aromatic heterocycles. The largest absolute Gasteiger partial charge is 0.322 e. The second kappa shape index (κ2) is 6.65. The standard InChI is InChI=1S/C18H17F3N2O/c1-23(15-9-6-11-4-2-3-5-12(11)15)10-16(24)22-14-8-7-13(19)17(20)18(14)21/h2-5,7-8,15H,6,9-10H2,1H3,(H,22,24)/t15-/m0/s1. The number of nitrogens with one attached hydrogen (secondary N) is 1. The molecule has 0 radical (unpaired) electrons. The van der Waals surface area contributed by atoms with Crippen LogP contribution in [0, 0.1) is 17.5 Å². The summed E-state index contributed by atoms with van der Waals surface area (Å²) >= 11 is 0. The summed E-state index contributed by atoms with van der Waals surface area (Å²) in [6.07, 6.45) is 1.85. The average Bonchev–Trinajstić information content (AvgIpc) is 2.99. The molecule has 0 unspecified atom stereocenters. The van der Waals surface area contributed by atoms with Crippen LogP contribution in [0.2, 0.25) is 0 Å². The Morgan fingerprint density at radius 2 is 1.92 bits per heavy atom. The van der Waals surface area contributed by atoms with Gasteiger partial charge in [-0.25, -0.2) is 13.2 Å². The summed E-state index contributed by atoms with van der Waals surface area (Å²) in [5.74, 6) is -4.75. The summed E-state index contributed by atoms with van der Waals surface area (Å²) in [5, 5.41) is 2.29. The molecule has 1 aliphatic carbocycles. The number of fused-ring (bicyclic) bond motifs is 1. The lowest BCUT2D eigenvalue weighted by Gasteiger charge is -2.24. The maximum Gasteiger partial charge on any atom is 0.238 e. The van der Waals surface area contributed by atoms with Gasteiger partial charge in [-0.2, -0.15) is 0 Å². The zero-order valence-electron chi connectivity index (χ0n) is 13.2. The SMILES string of the molecule is CN(CC(=O)Nc1ccc(F)c(F)c1F)[C@H]1CCc2ccccc21. The second-order valence-corrected chi connectivity index (χ2v) is 5.94. The van der Waals surface area contributed by atoms with Crippen LogP contribution in [0.4, 0.5) is 18.9 Å². The van der Waals surface area contributed by atoms with E-state index in [4.69, 9.17) is 0 Å². The van der Waals surface area contributed by atoms with Gasteiger partial charge in [0.25, 0.3) is 0 Å². The van der Waals surface area contributed by atoms with E-state index >= 15 is 0 Å². The maximum atomic E-state index is 13.6. The number of carbonyl (C=O) groups is 1. The zero-order valence-corrected chi connectivity index (χ0v) is 13.2. The molecule has 1 aliphatic rings. The molecule has 0 bridgehead atoms. The number of likely N-dealkylation sites (N-methyl/N-ethyl adjacent to an activating group) is 1. The van der Waals surface area contributed by atoms with Crippen molar-refractivity contribution in [3.63, 3.8) is 0 Å². The van der Waals surface area contributed by atoms with E-state index in [1.54, 1.807) is 0 Å². The van der Waals surface area contributed by atoms with Crippen molar-refractivity contribution in [1.29, 1.82) is 0 Å². The monoisotopic (exact) mass is 334 g/mol. The Kier molecular flexibility index (Phi) is 4.57. The zero-order chi connectivity index (χ0) is 17.3. The summed E-state index contributed by atoms with van der Waals surface area (Å²) in [6.45, 7) is 0.0252. The minimum absolute atomic E-state index is 0.0252. The van der Waals surface area contributed by atoms with Gasteiger partial charge < -0.3 is 5.32 Å². The highest BCUT2D eigenvalue weighted by Crippen LogP contribution is 2.34. The molecule has 1 atom stereocenters. The predicted molar refractivity (Wildman–Crippen MR) is 85.1 cm³/mol. The van der Waals surface area contributed by atoms with Crippen LogP contribution in [0.1, 0.15) is 23.6 Å². The highest BCUT2D eigenvalue weighted by molar-refractivity contribution is 5.92. The van der Waals surface area contributed by atoms with Crippen molar-refractivity contribution in [3.8, 4) is 0 Å². The molecule has 1 N–H and O–H groups in total. The third kappa shape index (κ3) is 3.14. The Labute approximate surface area is 138 Å². The minimum Gasteiger partial charge on any atom is -0.322 e. The van der Waals surface area contributed by atoms with Gasteiger partial charge in [0.15, 0.2) is 17.5 Å². The molecule has 0 fully saturated rings. The highest BCUT2D eigenvalue weighted by atomic mass is 19.2.